The third kappa shape index (κ3) is 3.46. The summed E-state index contributed by atoms with van der Waals surface area (Å²) in [7, 11) is 0. The fraction of sp³-hybridized carbons (Fsp3) is 0.158. The van der Waals surface area contributed by atoms with Crippen molar-refractivity contribution in [1.82, 2.24) is 5.32 Å². The standard InChI is InChI=1S/C19H19N/c1-3-7-16(8-4-1)11-18-13-19(15-20-14-18)12-17-9-5-2-6-10-17/h1-12,20H,13-15H2/b18-11-,19-12+. The van der Waals surface area contributed by atoms with Crippen molar-refractivity contribution < 1.29 is 0 Å². The molecule has 0 saturated carbocycles. The average molecular weight is 261 g/mol. The van der Waals surface area contributed by atoms with Crippen molar-refractivity contribution in [2.75, 3.05) is 13.1 Å². The molecule has 1 saturated heterocycles. The Bertz CT molecular complexity index is 553. The van der Waals surface area contributed by atoms with E-state index in [-0.39, 0.29) is 0 Å². The molecule has 1 nitrogen and oxygen atoms in total. The maximum absolute atomic E-state index is 3.49. The first kappa shape index (κ1) is 12.9. The quantitative estimate of drug-likeness (QED) is 0.856. The van der Waals surface area contributed by atoms with Gasteiger partial charge in [0, 0.05) is 13.1 Å². The number of hydrogen-bond donors (Lipinski definition) is 1. The summed E-state index contributed by atoms with van der Waals surface area (Å²) in [4.78, 5) is 0. The zero-order chi connectivity index (χ0) is 13.6. The van der Waals surface area contributed by atoms with Crippen LogP contribution in [0.3, 0.4) is 0 Å². The minimum Gasteiger partial charge on any atom is -0.309 e. The second-order valence-corrected chi connectivity index (χ2v) is 5.21. The fourth-order valence-corrected chi connectivity index (χ4v) is 2.57. The van der Waals surface area contributed by atoms with Crippen molar-refractivity contribution in [1.29, 1.82) is 0 Å². The average Bonchev–Trinajstić information content (AvgIpc) is 2.50. The van der Waals surface area contributed by atoms with Gasteiger partial charge in [0.25, 0.3) is 0 Å². The van der Waals surface area contributed by atoms with E-state index in [1.807, 2.05) is 0 Å². The van der Waals surface area contributed by atoms with E-state index in [0.29, 0.717) is 0 Å². The molecule has 0 bridgehead atoms. The van der Waals surface area contributed by atoms with E-state index < -0.39 is 0 Å². The van der Waals surface area contributed by atoms with Crippen LogP contribution in [0.15, 0.2) is 71.8 Å². The molecule has 0 unspecified atom stereocenters. The zero-order valence-corrected chi connectivity index (χ0v) is 11.5. The molecule has 0 amide bonds. The van der Waals surface area contributed by atoms with Gasteiger partial charge in [-0.2, -0.15) is 0 Å². The lowest BCUT2D eigenvalue weighted by atomic mass is 9.97. The molecule has 0 aliphatic carbocycles. The van der Waals surface area contributed by atoms with E-state index in [1.165, 1.54) is 22.3 Å². The molecule has 1 N–H and O–H groups in total. The maximum Gasteiger partial charge on any atom is 0.0174 e. The molecule has 20 heavy (non-hydrogen) atoms. The lowest BCUT2D eigenvalue weighted by Crippen LogP contribution is -2.25. The molecule has 3 rings (SSSR count). The predicted octanol–water partition coefficient (Wildman–Crippen LogP) is 4.15. The Balaban J connectivity index is 1.77. The molecule has 2 aromatic rings. The van der Waals surface area contributed by atoms with Gasteiger partial charge >= 0.3 is 0 Å². The largest absolute Gasteiger partial charge is 0.309 e. The molecule has 1 heteroatoms. The summed E-state index contributed by atoms with van der Waals surface area (Å²) < 4.78 is 0. The summed E-state index contributed by atoms with van der Waals surface area (Å²) in [5.74, 6) is 0. The Labute approximate surface area is 120 Å². The molecule has 0 aromatic heterocycles. The summed E-state index contributed by atoms with van der Waals surface area (Å²) >= 11 is 0. The molecule has 1 heterocycles. The highest BCUT2D eigenvalue weighted by molar-refractivity contribution is 5.59. The Morgan fingerprint density at radius 2 is 1.10 bits per heavy atom. The molecule has 1 aliphatic rings. The van der Waals surface area contributed by atoms with Crippen molar-refractivity contribution in [3.8, 4) is 0 Å². The first-order valence-electron chi connectivity index (χ1n) is 7.10. The number of hydrogen-bond acceptors (Lipinski definition) is 1. The molecule has 0 spiro atoms. The van der Waals surface area contributed by atoms with E-state index in [2.05, 4.69) is 78.1 Å². The van der Waals surface area contributed by atoms with Gasteiger partial charge in [-0.1, -0.05) is 84.0 Å². The first-order valence-corrected chi connectivity index (χ1v) is 7.10. The molecule has 1 fully saturated rings. The van der Waals surface area contributed by atoms with Crippen LogP contribution in [-0.2, 0) is 0 Å². The van der Waals surface area contributed by atoms with Crippen LogP contribution in [0, 0.1) is 0 Å². The molecule has 2 aromatic carbocycles. The molecule has 1 aliphatic heterocycles. The third-order valence-electron chi connectivity index (χ3n) is 3.50. The highest BCUT2D eigenvalue weighted by atomic mass is 14.9. The van der Waals surface area contributed by atoms with Gasteiger partial charge in [0.1, 0.15) is 0 Å². The topological polar surface area (TPSA) is 12.0 Å². The monoisotopic (exact) mass is 261 g/mol. The van der Waals surface area contributed by atoms with Gasteiger partial charge in [0.15, 0.2) is 0 Å². The van der Waals surface area contributed by atoms with Gasteiger partial charge in [-0.25, -0.2) is 0 Å². The van der Waals surface area contributed by atoms with Crippen molar-refractivity contribution in [3.63, 3.8) is 0 Å². The summed E-state index contributed by atoms with van der Waals surface area (Å²) in [5.41, 5.74) is 5.46. The summed E-state index contributed by atoms with van der Waals surface area (Å²) in [6, 6.07) is 21.1. The molecule has 0 radical (unpaired) electrons. The Morgan fingerprint density at radius 1 is 0.650 bits per heavy atom. The minimum absolute atomic E-state index is 0.987. The van der Waals surface area contributed by atoms with Crippen LogP contribution < -0.4 is 5.32 Å². The molecular weight excluding hydrogens is 242 g/mol. The summed E-state index contributed by atoms with van der Waals surface area (Å²) in [6.07, 6.45) is 5.66. The summed E-state index contributed by atoms with van der Waals surface area (Å²) in [5, 5.41) is 3.49. The van der Waals surface area contributed by atoms with Gasteiger partial charge in [-0.15, -0.1) is 0 Å². The zero-order valence-electron chi connectivity index (χ0n) is 11.5. The maximum atomic E-state index is 3.49. The van der Waals surface area contributed by atoms with Gasteiger partial charge < -0.3 is 5.32 Å². The Morgan fingerprint density at radius 3 is 1.55 bits per heavy atom. The Kier molecular flexibility index (Phi) is 4.10. The first-order chi connectivity index (χ1) is 9.90. The van der Waals surface area contributed by atoms with Crippen LogP contribution in [0.5, 0.6) is 0 Å². The lowest BCUT2D eigenvalue weighted by molar-refractivity contribution is 0.719. The number of piperidine rings is 1. The van der Waals surface area contributed by atoms with Crippen LogP contribution in [0.4, 0.5) is 0 Å². The van der Waals surface area contributed by atoms with Crippen LogP contribution in [0.1, 0.15) is 17.5 Å². The van der Waals surface area contributed by atoms with Gasteiger partial charge in [0.05, 0.1) is 0 Å². The van der Waals surface area contributed by atoms with E-state index in [0.717, 1.165) is 19.5 Å². The van der Waals surface area contributed by atoms with E-state index in [1.54, 1.807) is 0 Å². The third-order valence-corrected chi connectivity index (χ3v) is 3.50. The second kappa shape index (κ2) is 6.36. The normalized spacial score (nSPS) is 19.4. The summed E-state index contributed by atoms with van der Waals surface area (Å²) in [6.45, 7) is 1.97. The van der Waals surface area contributed by atoms with E-state index in [9.17, 15) is 0 Å². The highest BCUT2D eigenvalue weighted by Gasteiger charge is 2.09. The van der Waals surface area contributed by atoms with E-state index in [4.69, 9.17) is 0 Å². The second-order valence-electron chi connectivity index (χ2n) is 5.21. The highest BCUT2D eigenvalue weighted by Crippen LogP contribution is 2.20. The Hall–Kier alpha value is -2.12. The molecule has 100 valence electrons. The van der Waals surface area contributed by atoms with Crippen LogP contribution >= 0.6 is 0 Å². The fourth-order valence-electron chi connectivity index (χ4n) is 2.57. The van der Waals surface area contributed by atoms with Gasteiger partial charge in [-0.3, -0.25) is 0 Å². The minimum atomic E-state index is 0.987. The van der Waals surface area contributed by atoms with E-state index >= 15 is 0 Å². The van der Waals surface area contributed by atoms with Gasteiger partial charge in [-0.05, 0) is 17.5 Å². The van der Waals surface area contributed by atoms with Crippen molar-refractivity contribution >= 4 is 12.2 Å². The van der Waals surface area contributed by atoms with Crippen molar-refractivity contribution in [2.45, 2.75) is 6.42 Å². The van der Waals surface area contributed by atoms with Crippen LogP contribution in [-0.4, -0.2) is 13.1 Å². The number of benzene rings is 2. The smallest absolute Gasteiger partial charge is 0.0174 e. The van der Waals surface area contributed by atoms with Crippen LogP contribution in [0.25, 0.3) is 12.2 Å². The van der Waals surface area contributed by atoms with Gasteiger partial charge in [0.2, 0.25) is 0 Å². The lowest BCUT2D eigenvalue weighted by Gasteiger charge is -2.19. The number of rotatable bonds is 2. The SMILES string of the molecule is C(=C1/CNC/C(=C/c2ccccc2)C1)/c1ccccc1. The van der Waals surface area contributed by atoms with Crippen molar-refractivity contribution in [2.24, 2.45) is 0 Å². The van der Waals surface area contributed by atoms with Crippen LogP contribution in [0.2, 0.25) is 0 Å². The number of nitrogens with one attached hydrogen (secondary N) is 1. The predicted molar refractivity (Wildman–Crippen MR) is 86.3 cm³/mol. The van der Waals surface area contributed by atoms with Crippen molar-refractivity contribution in [3.05, 3.63) is 82.9 Å². The molecule has 0 atom stereocenters. The molecular formula is C19H19N.